The summed E-state index contributed by atoms with van der Waals surface area (Å²) in [4.78, 5) is 22.0. The van der Waals surface area contributed by atoms with Gasteiger partial charge in [0.05, 0.1) is 6.07 Å². The zero-order valence-electron chi connectivity index (χ0n) is 20.2. The average molecular weight is 576 g/mol. The van der Waals surface area contributed by atoms with Crippen molar-refractivity contribution in [3.63, 3.8) is 0 Å². The number of aryl methyl sites for hydroxylation is 2. The number of nitriles is 1. The van der Waals surface area contributed by atoms with Gasteiger partial charge < -0.3 is 33.5 Å². The van der Waals surface area contributed by atoms with Crippen LogP contribution in [0.2, 0.25) is 0 Å². The molecule has 2 aliphatic rings. The predicted octanol–water partition coefficient (Wildman–Crippen LogP) is -0.616. The number of ether oxygens (including phenoxy) is 2. The van der Waals surface area contributed by atoms with Crippen LogP contribution in [0.15, 0.2) is 72.4 Å². The molecule has 0 spiro atoms. The average Bonchev–Trinajstić information content (AvgIpc) is 3.25. The van der Waals surface area contributed by atoms with Crippen molar-refractivity contribution < 1.29 is 52.2 Å². The minimum Gasteiger partial charge on any atom is -1.00 e. The van der Waals surface area contributed by atoms with Crippen LogP contribution >= 0.6 is 0 Å². The minimum absolute atomic E-state index is 0. The standard InChI is InChI=1S/2C12H14NO2.C2H3N.HI/c2*1-9-7-12(14)15-11(9)8-10-3-5-13(2)6-4-10;1-2-3;/h2*3-7,11H,8H2,1-2H3;1H3;1H/q2*+1;;/p-1. The fourth-order valence-corrected chi connectivity index (χ4v) is 3.26. The Labute approximate surface area is 218 Å². The number of cyclic esters (lactones) is 2. The van der Waals surface area contributed by atoms with Crippen molar-refractivity contribution in [3.05, 3.63) is 83.5 Å². The topological polar surface area (TPSA) is 84.2 Å². The Kier molecular flexibility index (Phi) is 12.1. The maximum atomic E-state index is 11.0. The SMILES string of the molecule is CC#N.CC1=CC(=O)OC1Cc1cc[n+](C)cc1.CC1=CC(=O)OC1Cc1cc[n+](C)cc1.[I-]. The molecule has 4 rings (SSSR count). The van der Waals surface area contributed by atoms with Gasteiger partial charge in [0.15, 0.2) is 24.8 Å². The van der Waals surface area contributed by atoms with Gasteiger partial charge in [-0.25, -0.2) is 18.7 Å². The normalized spacial score (nSPS) is 17.9. The molecule has 4 heterocycles. The summed E-state index contributed by atoms with van der Waals surface area (Å²) in [5.41, 5.74) is 4.38. The van der Waals surface area contributed by atoms with Gasteiger partial charge in [-0.2, -0.15) is 5.26 Å². The van der Waals surface area contributed by atoms with Gasteiger partial charge in [0, 0.05) is 56.2 Å². The molecule has 0 bridgehead atoms. The van der Waals surface area contributed by atoms with E-state index in [0.29, 0.717) is 0 Å². The van der Waals surface area contributed by atoms with Crippen LogP contribution in [0.5, 0.6) is 0 Å². The number of esters is 2. The Balaban J connectivity index is 0.000000297. The predicted molar refractivity (Wildman–Crippen MR) is 121 cm³/mol. The summed E-state index contributed by atoms with van der Waals surface area (Å²) in [6, 6.07) is 9.91. The van der Waals surface area contributed by atoms with E-state index in [4.69, 9.17) is 14.7 Å². The van der Waals surface area contributed by atoms with Gasteiger partial charge in [0.25, 0.3) is 0 Å². The van der Waals surface area contributed by atoms with E-state index in [0.717, 1.165) is 24.0 Å². The van der Waals surface area contributed by atoms with Crippen molar-refractivity contribution in [2.24, 2.45) is 14.1 Å². The van der Waals surface area contributed by atoms with Crippen molar-refractivity contribution in [1.29, 1.82) is 5.26 Å². The van der Waals surface area contributed by atoms with Crippen LogP contribution in [0.25, 0.3) is 0 Å². The third kappa shape index (κ3) is 9.43. The second kappa shape index (κ2) is 14.3. The number of rotatable bonds is 4. The van der Waals surface area contributed by atoms with Crippen LogP contribution in [0.3, 0.4) is 0 Å². The number of aromatic nitrogens is 2. The Morgan fingerprint density at radius 1 is 0.794 bits per heavy atom. The number of pyridine rings is 2. The summed E-state index contributed by atoms with van der Waals surface area (Å²) < 4.78 is 14.3. The van der Waals surface area contributed by atoms with Gasteiger partial charge in [0.2, 0.25) is 0 Å². The molecule has 180 valence electrons. The molecule has 2 aromatic heterocycles. The second-order valence-corrected chi connectivity index (χ2v) is 8.00. The lowest BCUT2D eigenvalue weighted by molar-refractivity contribution is -0.671. The van der Waals surface area contributed by atoms with Crippen molar-refractivity contribution in [2.75, 3.05) is 0 Å². The molecular weight excluding hydrogens is 545 g/mol. The van der Waals surface area contributed by atoms with Crippen LogP contribution in [0.4, 0.5) is 0 Å². The van der Waals surface area contributed by atoms with Crippen molar-refractivity contribution in [1.82, 2.24) is 0 Å². The molecule has 0 radical (unpaired) electrons. The summed E-state index contributed by atoms with van der Waals surface area (Å²) >= 11 is 0. The second-order valence-electron chi connectivity index (χ2n) is 8.00. The summed E-state index contributed by atoms with van der Waals surface area (Å²) in [6.07, 6.45) is 12.5. The fraction of sp³-hybridized carbons (Fsp3) is 0.346. The largest absolute Gasteiger partial charge is 1.00 e. The molecule has 0 N–H and O–H groups in total. The van der Waals surface area contributed by atoms with Gasteiger partial charge >= 0.3 is 11.9 Å². The van der Waals surface area contributed by atoms with Crippen LogP contribution < -0.4 is 33.1 Å². The van der Waals surface area contributed by atoms with E-state index in [1.165, 1.54) is 18.1 Å². The maximum absolute atomic E-state index is 11.0. The Morgan fingerprint density at radius 3 is 1.32 bits per heavy atom. The lowest BCUT2D eigenvalue weighted by atomic mass is 10.0. The van der Waals surface area contributed by atoms with Crippen LogP contribution in [0, 0.1) is 11.3 Å². The van der Waals surface area contributed by atoms with E-state index in [1.807, 2.05) is 86.1 Å². The first-order chi connectivity index (χ1) is 15.7. The van der Waals surface area contributed by atoms with E-state index < -0.39 is 0 Å². The molecule has 2 aromatic rings. The highest BCUT2D eigenvalue weighted by Crippen LogP contribution is 2.19. The van der Waals surface area contributed by atoms with Gasteiger partial charge in [-0.3, -0.25) is 0 Å². The lowest BCUT2D eigenvalue weighted by Gasteiger charge is -2.10. The molecule has 0 aromatic carbocycles. The van der Waals surface area contributed by atoms with E-state index in [9.17, 15) is 9.59 Å². The molecule has 0 fully saturated rings. The summed E-state index contributed by atoms with van der Waals surface area (Å²) in [5, 5.41) is 7.32. The highest BCUT2D eigenvalue weighted by atomic mass is 127. The highest BCUT2D eigenvalue weighted by molar-refractivity contribution is 5.86. The Bertz CT molecular complexity index is 989. The Morgan fingerprint density at radius 2 is 1.09 bits per heavy atom. The van der Waals surface area contributed by atoms with Gasteiger partial charge in [-0.15, -0.1) is 0 Å². The number of hydrogen-bond acceptors (Lipinski definition) is 5. The first-order valence-electron chi connectivity index (χ1n) is 10.7. The van der Waals surface area contributed by atoms with Crippen molar-refractivity contribution in [2.45, 2.75) is 45.8 Å². The monoisotopic (exact) mass is 576 g/mol. The van der Waals surface area contributed by atoms with Gasteiger partial charge in [-0.05, 0) is 36.1 Å². The fourth-order valence-electron chi connectivity index (χ4n) is 3.26. The summed E-state index contributed by atoms with van der Waals surface area (Å²) in [6.45, 7) is 5.29. The first-order valence-corrected chi connectivity index (χ1v) is 10.7. The molecule has 0 aliphatic carbocycles. The van der Waals surface area contributed by atoms with Crippen molar-refractivity contribution in [3.8, 4) is 6.07 Å². The Hall–Kier alpha value is -3.06. The molecule has 34 heavy (non-hydrogen) atoms. The molecule has 2 unspecified atom stereocenters. The third-order valence-electron chi connectivity index (χ3n) is 5.16. The smallest absolute Gasteiger partial charge is 0.331 e. The van der Waals surface area contributed by atoms with E-state index in [-0.39, 0.29) is 48.1 Å². The molecule has 0 saturated heterocycles. The molecule has 0 saturated carbocycles. The molecule has 0 amide bonds. The molecule has 2 aliphatic heterocycles. The molecule has 7 nitrogen and oxygen atoms in total. The van der Waals surface area contributed by atoms with Crippen molar-refractivity contribution >= 4 is 11.9 Å². The number of nitrogens with zero attached hydrogens (tertiary/aromatic N) is 3. The zero-order chi connectivity index (χ0) is 24.4. The highest BCUT2D eigenvalue weighted by Gasteiger charge is 2.24. The molecule has 8 heteroatoms. The molecular formula is C26H31IN3O4+. The number of halogens is 1. The quantitative estimate of drug-likeness (QED) is 0.276. The van der Waals surface area contributed by atoms with Crippen LogP contribution in [0.1, 0.15) is 31.9 Å². The summed E-state index contributed by atoms with van der Waals surface area (Å²) in [5.74, 6) is -0.446. The first kappa shape index (κ1) is 29.0. The lowest BCUT2D eigenvalue weighted by Crippen LogP contribution is -3.00. The van der Waals surface area contributed by atoms with Crippen LogP contribution in [-0.2, 0) is 46.0 Å². The van der Waals surface area contributed by atoms with Gasteiger partial charge in [-0.1, -0.05) is 0 Å². The number of hydrogen-bond donors (Lipinski definition) is 0. The van der Waals surface area contributed by atoms with Crippen LogP contribution in [-0.4, -0.2) is 24.1 Å². The van der Waals surface area contributed by atoms with Gasteiger partial charge in [0.1, 0.15) is 26.3 Å². The maximum Gasteiger partial charge on any atom is 0.331 e. The zero-order valence-corrected chi connectivity index (χ0v) is 22.4. The number of carbonyl (C=O) groups is 2. The van der Waals surface area contributed by atoms with E-state index in [2.05, 4.69) is 0 Å². The minimum atomic E-state index is -0.223. The van der Waals surface area contributed by atoms with E-state index in [1.54, 1.807) is 18.2 Å². The third-order valence-corrected chi connectivity index (χ3v) is 5.16. The summed E-state index contributed by atoms with van der Waals surface area (Å²) in [7, 11) is 3.95. The molecule has 2 atom stereocenters. The number of carbonyl (C=O) groups excluding carboxylic acids is 2. The van der Waals surface area contributed by atoms with E-state index >= 15 is 0 Å².